The van der Waals surface area contributed by atoms with Crippen molar-refractivity contribution in [2.45, 2.75) is 0 Å². The number of rotatable bonds is 1. The van der Waals surface area contributed by atoms with E-state index in [9.17, 15) is 0 Å². The summed E-state index contributed by atoms with van der Waals surface area (Å²) in [6.07, 6.45) is 1.75. The van der Waals surface area contributed by atoms with Crippen LogP contribution < -0.4 is 5.73 Å². The van der Waals surface area contributed by atoms with Gasteiger partial charge in [0.1, 0.15) is 0 Å². The molecular formula is C15H12N2. The monoisotopic (exact) mass is 220 g/mol. The van der Waals surface area contributed by atoms with E-state index in [1.54, 1.807) is 6.20 Å². The summed E-state index contributed by atoms with van der Waals surface area (Å²) in [5, 5.41) is 1.01. The van der Waals surface area contributed by atoms with Gasteiger partial charge in [0.25, 0.3) is 0 Å². The zero-order chi connectivity index (χ0) is 11.7. The van der Waals surface area contributed by atoms with Gasteiger partial charge >= 0.3 is 0 Å². The second-order valence-electron chi connectivity index (χ2n) is 3.97. The molecule has 3 aromatic rings. The molecule has 0 atom stereocenters. The first-order valence-corrected chi connectivity index (χ1v) is 5.55. The predicted octanol–water partition coefficient (Wildman–Crippen LogP) is 3.48. The summed E-state index contributed by atoms with van der Waals surface area (Å²) in [6, 6.07) is 18.2. The molecule has 2 aromatic carbocycles. The van der Waals surface area contributed by atoms with Crippen LogP contribution in [0.25, 0.3) is 22.0 Å². The summed E-state index contributed by atoms with van der Waals surface area (Å²) >= 11 is 0. The first kappa shape index (κ1) is 9.85. The van der Waals surface area contributed by atoms with Crippen LogP contribution >= 0.6 is 0 Å². The fourth-order valence-corrected chi connectivity index (χ4v) is 2.05. The maximum atomic E-state index is 5.96. The van der Waals surface area contributed by atoms with Crippen molar-refractivity contribution in [3.63, 3.8) is 0 Å². The van der Waals surface area contributed by atoms with E-state index >= 15 is 0 Å². The van der Waals surface area contributed by atoms with Gasteiger partial charge in [-0.05, 0) is 11.6 Å². The van der Waals surface area contributed by atoms with Crippen molar-refractivity contribution in [1.82, 2.24) is 4.98 Å². The summed E-state index contributed by atoms with van der Waals surface area (Å²) in [7, 11) is 0. The van der Waals surface area contributed by atoms with Gasteiger partial charge in [-0.15, -0.1) is 0 Å². The van der Waals surface area contributed by atoms with Gasteiger partial charge in [-0.3, -0.25) is 4.98 Å². The highest BCUT2D eigenvalue weighted by atomic mass is 14.7. The average molecular weight is 220 g/mol. The molecule has 0 radical (unpaired) electrons. The number of benzene rings is 2. The molecule has 0 aliphatic heterocycles. The second-order valence-corrected chi connectivity index (χ2v) is 3.97. The van der Waals surface area contributed by atoms with E-state index in [4.69, 9.17) is 5.73 Å². The van der Waals surface area contributed by atoms with Crippen molar-refractivity contribution < 1.29 is 0 Å². The van der Waals surface area contributed by atoms with Crippen molar-refractivity contribution in [2.75, 3.05) is 5.73 Å². The van der Waals surface area contributed by atoms with Gasteiger partial charge in [-0.2, -0.15) is 0 Å². The molecule has 0 saturated carbocycles. The van der Waals surface area contributed by atoms with Crippen LogP contribution in [0, 0.1) is 0 Å². The quantitative estimate of drug-likeness (QED) is 0.681. The number of nitrogens with zero attached hydrogens (tertiary/aromatic N) is 1. The van der Waals surface area contributed by atoms with E-state index in [1.165, 1.54) is 0 Å². The van der Waals surface area contributed by atoms with Gasteiger partial charge in [0.2, 0.25) is 0 Å². The Morgan fingerprint density at radius 2 is 1.65 bits per heavy atom. The van der Waals surface area contributed by atoms with Crippen LogP contribution in [-0.4, -0.2) is 4.98 Å². The smallest absolute Gasteiger partial charge is 0.0800 e. The SMILES string of the molecule is Nc1ccnc2c(-c3ccccc3)cccc12. The lowest BCUT2D eigenvalue weighted by Crippen LogP contribution is -1.90. The Balaban J connectivity index is 2.35. The minimum absolute atomic E-state index is 0.771. The molecule has 1 heterocycles. The Labute approximate surface area is 99.7 Å². The maximum Gasteiger partial charge on any atom is 0.0800 e. The zero-order valence-electron chi connectivity index (χ0n) is 9.30. The second kappa shape index (κ2) is 3.91. The molecule has 0 saturated heterocycles. The molecule has 0 fully saturated rings. The average Bonchev–Trinajstić information content (AvgIpc) is 2.40. The van der Waals surface area contributed by atoms with E-state index < -0.39 is 0 Å². The summed E-state index contributed by atoms with van der Waals surface area (Å²) in [5.41, 5.74) is 9.98. The van der Waals surface area contributed by atoms with Crippen molar-refractivity contribution in [1.29, 1.82) is 0 Å². The van der Waals surface area contributed by atoms with Gasteiger partial charge in [0.15, 0.2) is 0 Å². The third kappa shape index (κ3) is 1.64. The van der Waals surface area contributed by atoms with Crippen LogP contribution in [0.5, 0.6) is 0 Å². The number of pyridine rings is 1. The summed E-state index contributed by atoms with van der Waals surface area (Å²) < 4.78 is 0. The molecule has 3 rings (SSSR count). The lowest BCUT2D eigenvalue weighted by Gasteiger charge is -2.07. The highest BCUT2D eigenvalue weighted by Gasteiger charge is 2.05. The Hall–Kier alpha value is -2.35. The molecule has 0 aliphatic rings. The molecular weight excluding hydrogens is 208 g/mol. The molecule has 0 bridgehead atoms. The summed E-state index contributed by atoms with van der Waals surface area (Å²) in [6.45, 7) is 0. The molecule has 1 aromatic heterocycles. The number of fused-ring (bicyclic) bond motifs is 1. The zero-order valence-corrected chi connectivity index (χ0v) is 9.30. The maximum absolute atomic E-state index is 5.96. The molecule has 82 valence electrons. The molecule has 0 spiro atoms. The number of nitrogen functional groups attached to an aromatic ring is 1. The van der Waals surface area contributed by atoms with Crippen LogP contribution in [0.4, 0.5) is 5.69 Å². The first-order chi connectivity index (χ1) is 8.36. The van der Waals surface area contributed by atoms with Crippen molar-refractivity contribution in [2.24, 2.45) is 0 Å². The number of nitrogens with two attached hydrogens (primary N) is 1. The van der Waals surface area contributed by atoms with Gasteiger partial charge < -0.3 is 5.73 Å². The van der Waals surface area contributed by atoms with E-state index in [2.05, 4.69) is 23.2 Å². The lowest BCUT2D eigenvalue weighted by atomic mass is 10.0. The standard InChI is InChI=1S/C15H12N2/c16-14-9-10-17-15-12(7-4-8-13(14)15)11-5-2-1-3-6-11/h1-10H,(H2,16,17). The van der Waals surface area contributed by atoms with Crippen molar-refractivity contribution in [3.8, 4) is 11.1 Å². The lowest BCUT2D eigenvalue weighted by molar-refractivity contribution is 1.41. The Morgan fingerprint density at radius 1 is 0.824 bits per heavy atom. The van der Waals surface area contributed by atoms with Crippen LogP contribution in [0.3, 0.4) is 0 Å². The Morgan fingerprint density at radius 3 is 2.47 bits per heavy atom. The Kier molecular flexibility index (Phi) is 2.26. The summed E-state index contributed by atoms with van der Waals surface area (Å²) in [4.78, 5) is 4.44. The molecule has 0 unspecified atom stereocenters. The Bertz CT molecular complexity index is 660. The third-order valence-electron chi connectivity index (χ3n) is 2.89. The van der Waals surface area contributed by atoms with E-state index in [0.29, 0.717) is 0 Å². The van der Waals surface area contributed by atoms with Crippen LogP contribution in [0.2, 0.25) is 0 Å². The molecule has 2 nitrogen and oxygen atoms in total. The molecule has 0 aliphatic carbocycles. The van der Waals surface area contributed by atoms with Gasteiger partial charge in [0.05, 0.1) is 5.52 Å². The molecule has 0 amide bonds. The largest absolute Gasteiger partial charge is 0.398 e. The number of para-hydroxylation sites is 1. The highest BCUT2D eigenvalue weighted by Crippen LogP contribution is 2.29. The molecule has 17 heavy (non-hydrogen) atoms. The molecule has 2 heteroatoms. The van der Waals surface area contributed by atoms with Crippen molar-refractivity contribution >= 4 is 16.6 Å². The fraction of sp³-hybridized carbons (Fsp3) is 0. The van der Waals surface area contributed by atoms with E-state index in [0.717, 1.165) is 27.7 Å². The minimum atomic E-state index is 0.771. The number of hydrogen-bond donors (Lipinski definition) is 1. The van der Waals surface area contributed by atoms with Crippen LogP contribution in [0.15, 0.2) is 60.8 Å². The normalized spacial score (nSPS) is 10.6. The van der Waals surface area contributed by atoms with E-state index in [1.807, 2.05) is 36.4 Å². The van der Waals surface area contributed by atoms with Crippen molar-refractivity contribution in [3.05, 3.63) is 60.8 Å². The van der Waals surface area contributed by atoms with E-state index in [-0.39, 0.29) is 0 Å². The van der Waals surface area contributed by atoms with Gasteiger partial charge in [0, 0.05) is 22.8 Å². The first-order valence-electron chi connectivity index (χ1n) is 5.55. The van der Waals surface area contributed by atoms with Gasteiger partial charge in [-0.1, -0.05) is 48.5 Å². The van der Waals surface area contributed by atoms with Gasteiger partial charge in [-0.25, -0.2) is 0 Å². The highest BCUT2D eigenvalue weighted by molar-refractivity contribution is 5.99. The minimum Gasteiger partial charge on any atom is -0.398 e. The van der Waals surface area contributed by atoms with Crippen LogP contribution in [0.1, 0.15) is 0 Å². The number of hydrogen-bond acceptors (Lipinski definition) is 2. The predicted molar refractivity (Wildman–Crippen MR) is 71.6 cm³/mol. The number of aromatic nitrogens is 1. The molecule has 2 N–H and O–H groups in total. The summed E-state index contributed by atoms with van der Waals surface area (Å²) in [5.74, 6) is 0. The fourth-order valence-electron chi connectivity index (χ4n) is 2.05. The topological polar surface area (TPSA) is 38.9 Å². The van der Waals surface area contributed by atoms with Crippen LogP contribution in [-0.2, 0) is 0 Å². The third-order valence-corrected chi connectivity index (χ3v) is 2.89. The number of anilines is 1.